The minimum Gasteiger partial charge on any atom is -0.383 e. The van der Waals surface area contributed by atoms with E-state index in [1.807, 2.05) is 4.68 Å². The molecule has 6 heteroatoms. The summed E-state index contributed by atoms with van der Waals surface area (Å²) in [7, 11) is 0. The van der Waals surface area contributed by atoms with Crippen molar-refractivity contribution in [2.45, 2.75) is 38.1 Å². The number of anilines is 2. The zero-order chi connectivity index (χ0) is 13.9. The SMILES string of the molecule is N#Cc1c(N2CCCNCC2)nn(C2CCCC2)c1N. The summed E-state index contributed by atoms with van der Waals surface area (Å²) < 4.78 is 1.90. The average Bonchev–Trinajstić information content (AvgIpc) is 2.99. The molecule has 0 unspecified atom stereocenters. The fraction of sp³-hybridized carbons (Fsp3) is 0.714. The molecule has 6 nitrogen and oxygen atoms in total. The third kappa shape index (κ3) is 2.34. The first-order chi connectivity index (χ1) is 9.81. The lowest BCUT2D eigenvalue weighted by Crippen LogP contribution is -2.29. The highest BCUT2D eigenvalue weighted by Crippen LogP contribution is 2.34. The molecule has 108 valence electrons. The first-order valence-electron chi connectivity index (χ1n) is 7.55. The second-order valence-electron chi connectivity index (χ2n) is 5.67. The van der Waals surface area contributed by atoms with Crippen molar-refractivity contribution in [3.8, 4) is 6.07 Å². The van der Waals surface area contributed by atoms with E-state index in [1.54, 1.807) is 0 Å². The van der Waals surface area contributed by atoms with Gasteiger partial charge in [0.25, 0.3) is 0 Å². The molecule has 2 aliphatic rings. The summed E-state index contributed by atoms with van der Waals surface area (Å²) in [4.78, 5) is 2.19. The Morgan fingerprint density at radius 3 is 2.75 bits per heavy atom. The fourth-order valence-electron chi connectivity index (χ4n) is 3.25. The van der Waals surface area contributed by atoms with Crippen molar-refractivity contribution in [1.82, 2.24) is 15.1 Å². The Morgan fingerprint density at radius 1 is 1.20 bits per heavy atom. The topological polar surface area (TPSA) is 82.9 Å². The molecule has 3 rings (SSSR count). The molecule has 0 atom stereocenters. The van der Waals surface area contributed by atoms with Crippen molar-refractivity contribution < 1.29 is 0 Å². The maximum atomic E-state index is 9.43. The molecule has 0 aromatic carbocycles. The van der Waals surface area contributed by atoms with Gasteiger partial charge in [-0.15, -0.1) is 0 Å². The number of nitriles is 1. The minimum atomic E-state index is 0.376. The lowest BCUT2D eigenvalue weighted by molar-refractivity contribution is 0.473. The molecule has 0 bridgehead atoms. The maximum absolute atomic E-state index is 9.43. The van der Waals surface area contributed by atoms with Crippen LogP contribution in [0.4, 0.5) is 11.6 Å². The fourth-order valence-corrected chi connectivity index (χ4v) is 3.25. The number of nitrogens with one attached hydrogen (secondary N) is 1. The van der Waals surface area contributed by atoms with Gasteiger partial charge in [-0.25, -0.2) is 4.68 Å². The molecular formula is C14H22N6. The summed E-state index contributed by atoms with van der Waals surface area (Å²) in [6.07, 6.45) is 5.78. The Morgan fingerprint density at radius 2 is 2.00 bits per heavy atom. The van der Waals surface area contributed by atoms with Crippen molar-refractivity contribution in [2.24, 2.45) is 0 Å². The van der Waals surface area contributed by atoms with Gasteiger partial charge in [0.1, 0.15) is 17.5 Å². The zero-order valence-electron chi connectivity index (χ0n) is 11.8. The van der Waals surface area contributed by atoms with Crippen LogP contribution in [0.1, 0.15) is 43.7 Å². The molecule has 0 radical (unpaired) electrons. The molecule has 1 saturated heterocycles. The van der Waals surface area contributed by atoms with Gasteiger partial charge in [0, 0.05) is 19.6 Å². The summed E-state index contributed by atoms with van der Waals surface area (Å²) in [5, 5.41) is 17.5. The molecule has 20 heavy (non-hydrogen) atoms. The highest BCUT2D eigenvalue weighted by molar-refractivity contribution is 5.65. The van der Waals surface area contributed by atoms with E-state index in [9.17, 15) is 5.26 Å². The van der Waals surface area contributed by atoms with E-state index in [2.05, 4.69) is 16.3 Å². The van der Waals surface area contributed by atoms with Crippen LogP contribution in [0.3, 0.4) is 0 Å². The van der Waals surface area contributed by atoms with Gasteiger partial charge in [-0.05, 0) is 25.8 Å². The lowest BCUT2D eigenvalue weighted by atomic mass is 10.2. The van der Waals surface area contributed by atoms with Crippen LogP contribution in [0, 0.1) is 11.3 Å². The van der Waals surface area contributed by atoms with Crippen molar-refractivity contribution in [1.29, 1.82) is 5.26 Å². The van der Waals surface area contributed by atoms with E-state index < -0.39 is 0 Å². The van der Waals surface area contributed by atoms with Crippen molar-refractivity contribution in [3.05, 3.63) is 5.56 Å². The number of nitrogens with zero attached hydrogens (tertiary/aromatic N) is 4. The van der Waals surface area contributed by atoms with Gasteiger partial charge in [0.15, 0.2) is 5.82 Å². The van der Waals surface area contributed by atoms with E-state index >= 15 is 0 Å². The van der Waals surface area contributed by atoms with Gasteiger partial charge in [-0.2, -0.15) is 10.4 Å². The third-order valence-electron chi connectivity index (χ3n) is 4.35. The van der Waals surface area contributed by atoms with Crippen LogP contribution >= 0.6 is 0 Å². The quantitative estimate of drug-likeness (QED) is 0.848. The first-order valence-corrected chi connectivity index (χ1v) is 7.55. The predicted molar refractivity (Wildman–Crippen MR) is 78.6 cm³/mol. The lowest BCUT2D eigenvalue weighted by Gasteiger charge is -2.19. The molecule has 1 aromatic rings. The van der Waals surface area contributed by atoms with Crippen molar-refractivity contribution in [2.75, 3.05) is 36.8 Å². The molecule has 0 spiro atoms. The third-order valence-corrected chi connectivity index (χ3v) is 4.35. The molecule has 1 aliphatic heterocycles. The van der Waals surface area contributed by atoms with Crippen LogP contribution in [0.2, 0.25) is 0 Å². The molecule has 0 amide bonds. The van der Waals surface area contributed by atoms with Gasteiger partial charge in [-0.3, -0.25) is 0 Å². The number of aromatic nitrogens is 2. The number of nitrogens with two attached hydrogens (primary N) is 1. The Kier molecular flexibility index (Phi) is 3.79. The van der Waals surface area contributed by atoms with Gasteiger partial charge in [0.05, 0.1) is 6.04 Å². The number of hydrogen-bond donors (Lipinski definition) is 2. The Bertz CT molecular complexity index is 500. The standard InChI is InChI=1S/C14H22N6/c15-10-12-13(16)20(11-4-1-2-5-11)18-14(12)19-8-3-6-17-7-9-19/h11,17H,1-9,16H2. The zero-order valence-corrected chi connectivity index (χ0v) is 11.8. The van der Waals surface area contributed by atoms with E-state index in [0.29, 0.717) is 17.4 Å². The first kappa shape index (κ1) is 13.3. The molecule has 3 N–H and O–H groups in total. The number of hydrogen-bond acceptors (Lipinski definition) is 5. The van der Waals surface area contributed by atoms with Crippen LogP contribution in [-0.4, -0.2) is 36.0 Å². The monoisotopic (exact) mass is 274 g/mol. The van der Waals surface area contributed by atoms with Crippen LogP contribution in [-0.2, 0) is 0 Å². The van der Waals surface area contributed by atoms with Crippen molar-refractivity contribution in [3.63, 3.8) is 0 Å². The van der Waals surface area contributed by atoms with E-state index in [4.69, 9.17) is 10.8 Å². The van der Waals surface area contributed by atoms with Gasteiger partial charge in [-0.1, -0.05) is 12.8 Å². The summed E-state index contributed by atoms with van der Waals surface area (Å²) in [6.45, 7) is 3.77. The van der Waals surface area contributed by atoms with Gasteiger partial charge >= 0.3 is 0 Å². The summed E-state index contributed by atoms with van der Waals surface area (Å²) in [6, 6.07) is 2.63. The van der Waals surface area contributed by atoms with Crippen LogP contribution in [0.25, 0.3) is 0 Å². The number of rotatable bonds is 2. The second-order valence-corrected chi connectivity index (χ2v) is 5.67. The summed E-state index contributed by atoms with van der Waals surface area (Å²) in [5.74, 6) is 1.33. The molecule has 2 fully saturated rings. The largest absolute Gasteiger partial charge is 0.383 e. The Labute approximate surface area is 119 Å². The van der Waals surface area contributed by atoms with Gasteiger partial charge in [0.2, 0.25) is 0 Å². The Balaban J connectivity index is 1.93. The number of nitrogen functional groups attached to an aromatic ring is 1. The van der Waals surface area contributed by atoms with Crippen LogP contribution in [0.5, 0.6) is 0 Å². The predicted octanol–water partition coefficient (Wildman–Crippen LogP) is 1.25. The maximum Gasteiger partial charge on any atom is 0.170 e. The van der Waals surface area contributed by atoms with Gasteiger partial charge < -0.3 is 16.0 Å². The highest BCUT2D eigenvalue weighted by Gasteiger charge is 2.26. The second kappa shape index (κ2) is 5.71. The van der Waals surface area contributed by atoms with E-state index in [0.717, 1.165) is 51.3 Å². The smallest absolute Gasteiger partial charge is 0.170 e. The van der Waals surface area contributed by atoms with E-state index in [1.165, 1.54) is 12.8 Å². The van der Waals surface area contributed by atoms with Crippen LogP contribution in [0.15, 0.2) is 0 Å². The van der Waals surface area contributed by atoms with Crippen LogP contribution < -0.4 is 16.0 Å². The minimum absolute atomic E-state index is 0.376. The molecular weight excluding hydrogens is 252 g/mol. The molecule has 2 heterocycles. The van der Waals surface area contributed by atoms with Crippen molar-refractivity contribution >= 4 is 11.6 Å². The molecule has 1 aliphatic carbocycles. The molecule has 1 saturated carbocycles. The summed E-state index contributed by atoms with van der Waals surface area (Å²) in [5.41, 5.74) is 6.73. The normalized spacial score (nSPS) is 20.9. The summed E-state index contributed by atoms with van der Waals surface area (Å²) >= 11 is 0. The molecule has 1 aromatic heterocycles. The Hall–Kier alpha value is -1.74. The average molecular weight is 274 g/mol. The van der Waals surface area contributed by atoms with E-state index in [-0.39, 0.29) is 0 Å². The highest BCUT2D eigenvalue weighted by atomic mass is 15.4.